The molecule has 0 atom stereocenters. The second-order valence-corrected chi connectivity index (χ2v) is 8.03. The molecule has 0 spiro atoms. The first-order valence-electron chi connectivity index (χ1n) is 8.86. The molecule has 2 fully saturated rings. The van der Waals surface area contributed by atoms with Gasteiger partial charge >= 0.3 is 0 Å². The van der Waals surface area contributed by atoms with E-state index in [4.69, 9.17) is 5.10 Å². The molecule has 1 N–H and O–H groups in total. The predicted molar refractivity (Wildman–Crippen MR) is 98.9 cm³/mol. The van der Waals surface area contributed by atoms with E-state index in [-0.39, 0.29) is 5.91 Å². The van der Waals surface area contributed by atoms with Crippen molar-refractivity contribution in [1.29, 1.82) is 0 Å². The van der Waals surface area contributed by atoms with Crippen molar-refractivity contribution >= 4 is 23.5 Å². The molecule has 1 heterocycles. The van der Waals surface area contributed by atoms with E-state index < -0.39 is 0 Å². The fourth-order valence-corrected chi connectivity index (χ4v) is 4.39. The van der Waals surface area contributed by atoms with Crippen molar-refractivity contribution in [3.8, 4) is 5.69 Å². The monoisotopic (exact) mass is 341 g/mol. The highest BCUT2D eigenvalue weighted by Gasteiger charge is 2.28. The summed E-state index contributed by atoms with van der Waals surface area (Å²) >= 11 is 1.80. The molecule has 0 bridgehead atoms. The van der Waals surface area contributed by atoms with E-state index in [0.29, 0.717) is 16.9 Å². The van der Waals surface area contributed by atoms with Gasteiger partial charge in [0.2, 0.25) is 5.91 Å². The van der Waals surface area contributed by atoms with Gasteiger partial charge in [-0.15, -0.1) is 11.8 Å². The number of amides is 1. The van der Waals surface area contributed by atoms with Crippen LogP contribution in [0.5, 0.6) is 0 Å². The predicted octanol–water partition coefficient (Wildman–Crippen LogP) is 4.36. The summed E-state index contributed by atoms with van der Waals surface area (Å²) in [5, 5.41) is 8.47. The number of benzene rings is 1. The average molecular weight is 341 g/mol. The lowest BCUT2D eigenvalue weighted by atomic mass is 10.3. The van der Waals surface area contributed by atoms with Crippen LogP contribution in [0.2, 0.25) is 0 Å². The van der Waals surface area contributed by atoms with Gasteiger partial charge in [-0.1, -0.05) is 31.0 Å². The van der Waals surface area contributed by atoms with Crippen LogP contribution in [0.25, 0.3) is 5.69 Å². The summed E-state index contributed by atoms with van der Waals surface area (Å²) in [5.41, 5.74) is 2.08. The van der Waals surface area contributed by atoms with E-state index in [1.165, 1.54) is 38.5 Å². The molecule has 0 saturated heterocycles. The van der Waals surface area contributed by atoms with Crippen LogP contribution in [-0.4, -0.2) is 26.7 Å². The molecule has 0 unspecified atom stereocenters. The largest absolute Gasteiger partial charge is 0.310 e. The molecule has 2 aliphatic rings. The fraction of sp³-hybridized carbons (Fsp3) is 0.474. The number of para-hydroxylation sites is 1. The molecule has 1 aromatic heterocycles. The summed E-state index contributed by atoms with van der Waals surface area (Å²) in [5.74, 6) is 1.97. The Balaban J connectivity index is 1.47. The number of thioether (sulfide) groups is 1. The highest BCUT2D eigenvalue weighted by molar-refractivity contribution is 8.00. The van der Waals surface area contributed by atoms with E-state index in [9.17, 15) is 4.79 Å². The number of aromatic nitrogens is 2. The lowest BCUT2D eigenvalue weighted by Gasteiger charge is -2.10. The van der Waals surface area contributed by atoms with Gasteiger partial charge in [-0.3, -0.25) is 4.79 Å². The zero-order valence-corrected chi connectivity index (χ0v) is 14.6. The molecule has 5 heteroatoms. The van der Waals surface area contributed by atoms with Crippen LogP contribution in [0.15, 0.2) is 36.4 Å². The molecule has 2 saturated carbocycles. The zero-order chi connectivity index (χ0) is 16.4. The van der Waals surface area contributed by atoms with E-state index in [0.717, 1.165) is 17.2 Å². The Kier molecular flexibility index (Phi) is 4.60. The van der Waals surface area contributed by atoms with Gasteiger partial charge in [0.05, 0.1) is 17.1 Å². The van der Waals surface area contributed by atoms with Crippen molar-refractivity contribution in [3.63, 3.8) is 0 Å². The Morgan fingerprint density at radius 3 is 2.62 bits per heavy atom. The maximum absolute atomic E-state index is 12.4. The number of anilines is 1. The standard InChI is InChI=1S/C19H23N3OS/c23-19(13-24-16-8-4-5-9-16)20-18-12-17(14-10-11-14)21-22(18)15-6-2-1-3-7-15/h1-3,6-7,12,14,16H,4-5,8-11,13H2,(H,20,23). The quantitative estimate of drug-likeness (QED) is 0.849. The van der Waals surface area contributed by atoms with E-state index in [1.807, 2.05) is 41.1 Å². The summed E-state index contributed by atoms with van der Waals surface area (Å²) in [6.45, 7) is 0. The molecule has 24 heavy (non-hydrogen) atoms. The number of hydrogen-bond donors (Lipinski definition) is 1. The van der Waals surface area contributed by atoms with Gasteiger partial charge < -0.3 is 5.32 Å². The number of nitrogens with one attached hydrogen (secondary N) is 1. The Bertz CT molecular complexity index is 703. The summed E-state index contributed by atoms with van der Waals surface area (Å²) < 4.78 is 1.87. The van der Waals surface area contributed by atoms with Crippen LogP contribution in [-0.2, 0) is 4.79 Å². The molecule has 0 aliphatic heterocycles. The molecule has 4 nitrogen and oxygen atoms in total. The molecule has 4 rings (SSSR count). The molecule has 0 radical (unpaired) electrons. The van der Waals surface area contributed by atoms with Gasteiger partial charge in [0.15, 0.2) is 0 Å². The minimum absolute atomic E-state index is 0.0753. The van der Waals surface area contributed by atoms with Crippen molar-refractivity contribution < 1.29 is 4.79 Å². The zero-order valence-electron chi connectivity index (χ0n) is 13.8. The van der Waals surface area contributed by atoms with Crippen LogP contribution in [0.4, 0.5) is 5.82 Å². The number of carbonyl (C=O) groups excluding carboxylic acids is 1. The first-order chi connectivity index (χ1) is 11.8. The molecule has 2 aliphatic carbocycles. The van der Waals surface area contributed by atoms with Crippen LogP contribution in [0.3, 0.4) is 0 Å². The normalized spacial score (nSPS) is 18.0. The molecule has 1 aromatic carbocycles. The van der Waals surface area contributed by atoms with Crippen molar-refractivity contribution in [2.45, 2.75) is 49.7 Å². The number of nitrogens with zero attached hydrogens (tertiary/aromatic N) is 2. The second kappa shape index (κ2) is 7.01. The third kappa shape index (κ3) is 3.66. The summed E-state index contributed by atoms with van der Waals surface area (Å²) in [7, 11) is 0. The number of hydrogen-bond acceptors (Lipinski definition) is 3. The first kappa shape index (κ1) is 15.8. The fourth-order valence-electron chi connectivity index (χ4n) is 3.26. The topological polar surface area (TPSA) is 46.9 Å². The third-order valence-electron chi connectivity index (χ3n) is 4.74. The Hall–Kier alpha value is -1.75. The van der Waals surface area contributed by atoms with Crippen LogP contribution in [0, 0.1) is 0 Å². The summed E-state index contributed by atoms with van der Waals surface area (Å²) in [4.78, 5) is 12.4. The second-order valence-electron chi connectivity index (χ2n) is 6.74. The highest BCUT2D eigenvalue weighted by Crippen LogP contribution is 2.40. The molecular formula is C19H23N3OS. The molecule has 1 amide bonds. The van der Waals surface area contributed by atoms with Gasteiger partial charge in [-0.05, 0) is 37.8 Å². The third-order valence-corrected chi connectivity index (χ3v) is 6.12. The Morgan fingerprint density at radius 2 is 1.92 bits per heavy atom. The Labute approximate surface area is 147 Å². The van der Waals surface area contributed by atoms with Crippen LogP contribution >= 0.6 is 11.8 Å². The van der Waals surface area contributed by atoms with E-state index in [1.54, 1.807) is 11.8 Å². The first-order valence-corrected chi connectivity index (χ1v) is 9.91. The smallest absolute Gasteiger partial charge is 0.235 e. The average Bonchev–Trinajstić information content (AvgIpc) is 3.17. The SMILES string of the molecule is O=C(CSC1CCCC1)Nc1cc(C2CC2)nn1-c1ccccc1. The molecule has 2 aromatic rings. The summed E-state index contributed by atoms with van der Waals surface area (Å²) in [6.07, 6.45) is 7.54. The van der Waals surface area contributed by atoms with Gasteiger partial charge in [-0.25, -0.2) is 4.68 Å². The van der Waals surface area contributed by atoms with Crippen molar-refractivity contribution in [2.24, 2.45) is 0 Å². The van der Waals surface area contributed by atoms with Crippen molar-refractivity contribution in [3.05, 3.63) is 42.1 Å². The lowest BCUT2D eigenvalue weighted by Crippen LogP contribution is -2.18. The van der Waals surface area contributed by atoms with Crippen LogP contribution < -0.4 is 5.32 Å². The van der Waals surface area contributed by atoms with Crippen LogP contribution in [0.1, 0.15) is 50.1 Å². The lowest BCUT2D eigenvalue weighted by molar-refractivity contribution is -0.113. The maximum atomic E-state index is 12.4. The maximum Gasteiger partial charge on any atom is 0.235 e. The Morgan fingerprint density at radius 1 is 1.17 bits per heavy atom. The molecule has 126 valence electrons. The van der Waals surface area contributed by atoms with E-state index >= 15 is 0 Å². The highest BCUT2D eigenvalue weighted by atomic mass is 32.2. The molecular weight excluding hydrogens is 318 g/mol. The number of rotatable bonds is 6. The van der Waals surface area contributed by atoms with Crippen molar-refractivity contribution in [2.75, 3.05) is 11.1 Å². The minimum atomic E-state index is 0.0753. The van der Waals surface area contributed by atoms with E-state index in [2.05, 4.69) is 5.32 Å². The van der Waals surface area contributed by atoms with Gasteiger partial charge in [0.25, 0.3) is 0 Å². The van der Waals surface area contributed by atoms with Crippen molar-refractivity contribution in [1.82, 2.24) is 9.78 Å². The summed E-state index contributed by atoms with van der Waals surface area (Å²) in [6, 6.07) is 12.1. The van der Waals surface area contributed by atoms with Gasteiger partial charge in [0, 0.05) is 17.2 Å². The number of carbonyl (C=O) groups is 1. The van der Waals surface area contributed by atoms with Gasteiger partial charge in [0.1, 0.15) is 5.82 Å². The minimum Gasteiger partial charge on any atom is -0.310 e. The van der Waals surface area contributed by atoms with Gasteiger partial charge in [-0.2, -0.15) is 5.10 Å².